The topological polar surface area (TPSA) is 109 Å². The fourth-order valence-electron chi connectivity index (χ4n) is 4.61. The van der Waals surface area contributed by atoms with Crippen molar-refractivity contribution in [2.24, 2.45) is 0 Å². The minimum Gasteiger partial charge on any atom is -0.497 e. The van der Waals surface area contributed by atoms with Crippen molar-refractivity contribution in [3.8, 4) is 5.75 Å². The second-order valence-corrected chi connectivity index (χ2v) is 12.2. The van der Waals surface area contributed by atoms with Gasteiger partial charge in [0, 0.05) is 38.4 Å². The number of benzene rings is 3. The minimum atomic E-state index is -3.76. The number of hydrogen-bond acceptors (Lipinski definition) is 6. The van der Waals surface area contributed by atoms with Gasteiger partial charge in [-0.3, -0.25) is 14.6 Å². The first-order valence-corrected chi connectivity index (χ1v) is 15.7. The first-order chi connectivity index (χ1) is 20.7. The van der Waals surface area contributed by atoms with E-state index in [1.165, 1.54) is 4.90 Å². The first-order valence-electron chi connectivity index (χ1n) is 13.8. The summed E-state index contributed by atoms with van der Waals surface area (Å²) in [6.45, 7) is -0.0843. The molecule has 4 aromatic rings. The molecule has 224 valence electrons. The lowest BCUT2D eigenvalue weighted by Crippen LogP contribution is -2.53. The van der Waals surface area contributed by atoms with Crippen LogP contribution in [0, 0.1) is 0 Å². The summed E-state index contributed by atoms with van der Waals surface area (Å²) in [6, 6.07) is 28.4. The van der Waals surface area contributed by atoms with E-state index in [1.54, 1.807) is 37.7 Å². The average Bonchev–Trinajstić information content (AvgIpc) is 3.02. The lowest BCUT2D eigenvalue weighted by Gasteiger charge is -2.33. The molecule has 43 heavy (non-hydrogen) atoms. The van der Waals surface area contributed by atoms with Gasteiger partial charge in [0.05, 0.1) is 19.9 Å². The molecule has 0 unspecified atom stereocenters. The highest BCUT2D eigenvalue weighted by atomic mass is 32.2. The molecule has 0 fully saturated rings. The Labute approximate surface area is 253 Å². The van der Waals surface area contributed by atoms with Crippen LogP contribution in [0.25, 0.3) is 0 Å². The zero-order valence-electron chi connectivity index (χ0n) is 24.3. The molecule has 0 aliphatic carbocycles. The SMILES string of the molecule is COc1ccc(CN(C(=O)CN(Cc2ccccc2)S(C)(=O)=O)[C@@H](Cc2ccccc2)C(=O)NCc2cccnc2)cc1. The van der Waals surface area contributed by atoms with E-state index in [2.05, 4.69) is 10.3 Å². The molecule has 4 rings (SSSR count). The Morgan fingerprint density at radius 1 is 0.814 bits per heavy atom. The van der Waals surface area contributed by atoms with Gasteiger partial charge in [-0.25, -0.2) is 8.42 Å². The van der Waals surface area contributed by atoms with Crippen LogP contribution >= 0.6 is 0 Å². The standard InChI is InChI=1S/C33H36N4O5S/c1-42-30-17-15-28(16-18-30)24-37(32(38)25-36(43(2,40)41)23-27-12-7-4-8-13-27)31(20-26-10-5-3-6-11-26)33(39)35-22-29-14-9-19-34-21-29/h3-19,21,31H,20,22-25H2,1-2H3,(H,35,39)/t31-/m0/s1. The van der Waals surface area contributed by atoms with E-state index in [0.717, 1.165) is 32.8 Å². The van der Waals surface area contributed by atoms with Crippen molar-refractivity contribution in [3.05, 3.63) is 132 Å². The van der Waals surface area contributed by atoms with E-state index in [4.69, 9.17) is 4.74 Å². The zero-order valence-corrected chi connectivity index (χ0v) is 25.1. The number of sulfonamides is 1. The number of rotatable bonds is 14. The summed E-state index contributed by atoms with van der Waals surface area (Å²) in [7, 11) is -2.19. The molecule has 0 saturated heterocycles. The van der Waals surface area contributed by atoms with Crippen LogP contribution in [0.5, 0.6) is 5.75 Å². The van der Waals surface area contributed by atoms with E-state index in [1.807, 2.05) is 78.9 Å². The van der Waals surface area contributed by atoms with Crippen LogP contribution in [0.2, 0.25) is 0 Å². The first kappa shape index (κ1) is 31.4. The van der Waals surface area contributed by atoms with Gasteiger partial charge in [0.2, 0.25) is 21.8 Å². The Balaban J connectivity index is 1.68. The molecular formula is C33H36N4O5S. The smallest absolute Gasteiger partial charge is 0.243 e. The summed E-state index contributed by atoms with van der Waals surface area (Å²) >= 11 is 0. The number of nitrogens with one attached hydrogen (secondary N) is 1. The number of carbonyl (C=O) groups is 2. The van der Waals surface area contributed by atoms with E-state index in [0.29, 0.717) is 5.75 Å². The number of nitrogens with zero attached hydrogens (tertiary/aromatic N) is 3. The number of methoxy groups -OCH3 is 1. The van der Waals surface area contributed by atoms with Gasteiger partial charge in [0.15, 0.2) is 0 Å². The molecule has 0 bridgehead atoms. The summed E-state index contributed by atoms with van der Waals surface area (Å²) < 4.78 is 32.1. The van der Waals surface area contributed by atoms with Crippen LogP contribution in [0.4, 0.5) is 0 Å². The van der Waals surface area contributed by atoms with Crippen LogP contribution in [-0.2, 0) is 45.7 Å². The van der Waals surface area contributed by atoms with Gasteiger partial charge in [-0.1, -0.05) is 78.9 Å². The Morgan fingerprint density at radius 2 is 1.42 bits per heavy atom. The number of hydrogen-bond donors (Lipinski definition) is 1. The maximum Gasteiger partial charge on any atom is 0.243 e. The Hall–Kier alpha value is -4.54. The van der Waals surface area contributed by atoms with Gasteiger partial charge in [0.25, 0.3) is 0 Å². The summed E-state index contributed by atoms with van der Waals surface area (Å²) in [4.78, 5) is 33.6. The van der Waals surface area contributed by atoms with Crippen molar-refractivity contribution in [2.75, 3.05) is 19.9 Å². The maximum absolute atomic E-state index is 14.1. The van der Waals surface area contributed by atoms with Crippen molar-refractivity contribution < 1.29 is 22.7 Å². The Bertz CT molecular complexity index is 1570. The Morgan fingerprint density at radius 3 is 2.00 bits per heavy atom. The van der Waals surface area contributed by atoms with Crippen molar-refractivity contribution in [1.29, 1.82) is 0 Å². The molecule has 1 atom stereocenters. The lowest BCUT2D eigenvalue weighted by molar-refractivity contribution is -0.141. The minimum absolute atomic E-state index is 0.0261. The number of ether oxygens (including phenoxy) is 1. The van der Waals surface area contributed by atoms with Crippen LogP contribution in [-0.4, -0.2) is 60.4 Å². The highest BCUT2D eigenvalue weighted by Gasteiger charge is 2.33. The largest absolute Gasteiger partial charge is 0.497 e. The molecule has 1 aromatic heterocycles. The predicted octanol–water partition coefficient (Wildman–Crippen LogP) is 3.81. The molecule has 0 radical (unpaired) electrons. The summed E-state index contributed by atoms with van der Waals surface area (Å²) in [5.41, 5.74) is 3.19. The molecular weight excluding hydrogens is 564 g/mol. The summed E-state index contributed by atoms with van der Waals surface area (Å²) in [6.07, 6.45) is 4.64. The van der Waals surface area contributed by atoms with Gasteiger partial charge in [0.1, 0.15) is 11.8 Å². The van der Waals surface area contributed by atoms with Gasteiger partial charge in [-0.05, 0) is 40.5 Å². The molecule has 0 spiro atoms. The molecule has 2 amide bonds. The molecule has 9 nitrogen and oxygen atoms in total. The monoisotopic (exact) mass is 600 g/mol. The molecule has 1 N–H and O–H groups in total. The van der Waals surface area contributed by atoms with Crippen molar-refractivity contribution in [3.63, 3.8) is 0 Å². The van der Waals surface area contributed by atoms with Crippen molar-refractivity contribution >= 4 is 21.8 Å². The third kappa shape index (κ3) is 9.49. The molecule has 1 heterocycles. The number of amides is 2. The molecule has 3 aromatic carbocycles. The number of aromatic nitrogens is 1. The zero-order chi connectivity index (χ0) is 30.7. The normalized spacial score (nSPS) is 12.0. The maximum atomic E-state index is 14.1. The Kier molecular flexibility index (Phi) is 11.0. The summed E-state index contributed by atoms with van der Waals surface area (Å²) in [5, 5.41) is 2.96. The predicted molar refractivity (Wildman–Crippen MR) is 165 cm³/mol. The van der Waals surface area contributed by atoms with E-state index >= 15 is 0 Å². The second kappa shape index (κ2) is 15.1. The van der Waals surface area contributed by atoms with Gasteiger partial charge in [-0.15, -0.1) is 0 Å². The van der Waals surface area contributed by atoms with E-state index in [9.17, 15) is 18.0 Å². The van der Waals surface area contributed by atoms with Gasteiger partial charge >= 0.3 is 0 Å². The molecule has 0 aliphatic rings. The third-order valence-electron chi connectivity index (χ3n) is 6.95. The highest BCUT2D eigenvalue weighted by molar-refractivity contribution is 7.88. The van der Waals surface area contributed by atoms with Crippen LogP contribution in [0.1, 0.15) is 22.3 Å². The second-order valence-electron chi connectivity index (χ2n) is 10.2. The van der Waals surface area contributed by atoms with Gasteiger partial charge in [-0.2, -0.15) is 4.31 Å². The quantitative estimate of drug-likeness (QED) is 0.236. The van der Waals surface area contributed by atoms with Crippen molar-refractivity contribution in [1.82, 2.24) is 19.5 Å². The van der Waals surface area contributed by atoms with Crippen LogP contribution < -0.4 is 10.1 Å². The van der Waals surface area contributed by atoms with Crippen molar-refractivity contribution in [2.45, 2.75) is 32.1 Å². The van der Waals surface area contributed by atoms with Crippen LogP contribution in [0.3, 0.4) is 0 Å². The van der Waals surface area contributed by atoms with E-state index < -0.39 is 28.5 Å². The highest BCUT2D eigenvalue weighted by Crippen LogP contribution is 2.19. The summed E-state index contributed by atoms with van der Waals surface area (Å²) in [5.74, 6) is -0.194. The molecule has 0 aliphatic heterocycles. The third-order valence-corrected chi connectivity index (χ3v) is 8.15. The lowest BCUT2D eigenvalue weighted by atomic mass is 10.0. The fourth-order valence-corrected chi connectivity index (χ4v) is 5.34. The number of carbonyl (C=O) groups excluding carboxylic acids is 2. The van der Waals surface area contributed by atoms with E-state index in [-0.39, 0.29) is 32.0 Å². The molecule has 0 saturated carbocycles. The average molecular weight is 601 g/mol. The van der Waals surface area contributed by atoms with Gasteiger partial charge < -0.3 is 15.0 Å². The number of pyridine rings is 1. The molecule has 10 heteroatoms. The fraction of sp³-hybridized carbons (Fsp3) is 0.242. The van der Waals surface area contributed by atoms with Crippen LogP contribution in [0.15, 0.2) is 109 Å².